The van der Waals surface area contributed by atoms with Crippen molar-refractivity contribution in [1.29, 1.82) is 0 Å². The number of hydrogen-bond donors (Lipinski definition) is 0. The van der Waals surface area contributed by atoms with E-state index in [1.54, 1.807) is 0 Å². The summed E-state index contributed by atoms with van der Waals surface area (Å²) in [6.45, 7) is 2.68. The Labute approximate surface area is 81.3 Å². The molecule has 0 radical (unpaired) electrons. The molecule has 1 saturated carbocycles. The monoisotopic (exact) mass is 200 g/mol. The van der Waals surface area contributed by atoms with Crippen LogP contribution in [-0.4, -0.2) is 36.4 Å². The first-order valence-corrected chi connectivity index (χ1v) is 4.58. The van der Waals surface area contributed by atoms with Crippen LogP contribution in [0.25, 0.3) is 0 Å². The van der Waals surface area contributed by atoms with E-state index in [2.05, 4.69) is 0 Å². The highest BCUT2D eigenvalue weighted by atomic mass is 16.7. The van der Waals surface area contributed by atoms with Crippen molar-refractivity contribution in [2.75, 3.05) is 0 Å². The Morgan fingerprint density at radius 3 is 2.43 bits per heavy atom. The Morgan fingerprint density at radius 2 is 1.86 bits per heavy atom. The van der Waals surface area contributed by atoms with Gasteiger partial charge < -0.3 is 14.2 Å². The maximum atomic E-state index is 10.8. The van der Waals surface area contributed by atoms with Crippen LogP contribution in [0.3, 0.4) is 0 Å². The minimum absolute atomic E-state index is 0.0664. The highest BCUT2D eigenvalue weighted by Crippen LogP contribution is 2.41. The average molecular weight is 200 g/mol. The van der Waals surface area contributed by atoms with Gasteiger partial charge in [-0.3, -0.25) is 9.59 Å². The van der Waals surface area contributed by atoms with Gasteiger partial charge in [-0.2, -0.15) is 0 Å². The molecular formula is C9H12O5. The summed E-state index contributed by atoms with van der Waals surface area (Å²) in [5.74, 6) is -0.725. The van der Waals surface area contributed by atoms with Gasteiger partial charge in [0.25, 0.3) is 0 Å². The summed E-state index contributed by atoms with van der Waals surface area (Å²) in [7, 11) is 0. The Kier molecular flexibility index (Phi) is 2.19. The number of carbonyl (C=O) groups is 2. The highest BCUT2D eigenvalue weighted by Gasteiger charge is 2.59. The fourth-order valence-corrected chi connectivity index (χ4v) is 1.87. The fraction of sp³-hybridized carbons (Fsp3) is 0.778. The Hall–Kier alpha value is -1.10. The highest BCUT2D eigenvalue weighted by molar-refractivity contribution is 5.67. The van der Waals surface area contributed by atoms with Gasteiger partial charge in [0.15, 0.2) is 6.10 Å². The molecule has 2 rings (SSSR count). The molecule has 78 valence electrons. The number of fused-ring (bicyclic) bond motifs is 1. The smallest absolute Gasteiger partial charge is 0.303 e. The summed E-state index contributed by atoms with van der Waals surface area (Å²) in [5.41, 5.74) is 0. The molecule has 0 amide bonds. The van der Waals surface area contributed by atoms with E-state index >= 15 is 0 Å². The summed E-state index contributed by atoms with van der Waals surface area (Å²) in [4.78, 5) is 21.5. The van der Waals surface area contributed by atoms with E-state index in [1.807, 2.05) is 0 Å². The lowest BCUT2D eigenvalue weighted by molar-refractivity contribution is -0.166. The van der Waals surface area contributed by atoms with E-state index in [9.17, 15) is 9.59 Å². The van der Waals surface area contributed by atoms with Crippen molar-refractivity contribution >= 4 is 11.9 Å². The molecule has 1 aliphatic heterocycles. The van der Waals surface area contributed by atoms with Gasteiger partial charge in [-0.1, -0.05) is 0 Å². The van der Waals surface area contributed by atoms with E-state index in [0.29, 0.717) is 6.42 Å². The number of hydrogen-bond acceptors (Lipinski definition) is 5. The second-order valence-electron chi connectivity index (χ2n) is 3.60. The minimum Gasteiger partial charge on any atom is -0.458 e. The molecule has 2 aliphatic rings. The molecule has 0 spiro atoms. The van der Waals surface area contributed by atoms with Crippen LogP contribution in [0.1, 0.15) is 20.3 Å². The molecule has 1 saturated heterocycles. The van der Waals surface area contributed by atoms with E-state index < -0.39 is 6.10 Å². The van der Waals surface area contributed by atoms with Crippen LogP contribution in [0, 0.1) is 0 Å². The number of ether oxygens (including phenoxy) is 3. The van der Waals surface area contributed by atoms with Gasteiger partial charge in [0, 0.05) is 20.3 Å². The quantitative estimate of drug-likeness (QED) is 0.464. The molecule has 0 aromatic rings. The Morgan fingerprint density at radius 1 is 1.21 bits per heavy atom. The molecule has 1 aliphatic carbocycles. The van der Waals surface area contributed by atoms with Crippen LogP contribution in [0.4, 0.5) is 0 Å². The molecular weight excluding hydrogens is 188 g/mol. The maximum absolute atomic E-state index is 10.8. The van der Waals surface area contributed by atoms with Crippen molar-refractivity contribution < 1.29 is 23.8 Å². The molecule has 0 aromatic carbocycles. The van der Waals surface area contributed by atoms with Gasteiger partial charge in [0.1, 0.15) is 12.2 Å². The van der Waals surface area contributed by atoms with Gasteiger partial charge in [0.05, 0.1) is 6.10 Å². The molecule has 4 unspecified atom stereocenters. The SMILES string of the molecule is CC(=O)OC1CC2OC2C1OC(C)=O. The first-order valence-electron chi connectivity index (χ1n) is 4.58. The zero-order chi connectivity index (χ0) is 10.3. The molecule has 14 heavy (non-hydrogen) atoms. The molecule has 0 aromatic heterocycles. The second kappa shape index (κ2) is 3.24. The molecule has 2 fully saturated rings. The first-order chi connectivity index (χ1) is 6.58. The normalized spacial score (nSPS) is 38.7. The van der Waals surface area contributed by atoms with Gasteiger partial charge in [-0.25, -0.2) is 0 Å². The second-order valence-corrected chi connectivity index (χ2v) is 3.60. The molecule has 4 atom stereocenters. The Balaban J connectivity index is 1.96. The van der Waals surface area contributed by atoms with Crippen LogP contribution in [-0.2, 0) is 23.8 Å². The van der Waals surface area contributed by atoms with Crippen LogP contribution in [0.15, 0.2) is 0 Å². The standard InChI is InChI=1S/C9H12O5/c1-4(10)12-6-3-7-9(14-7)8(6)13-5(2)11/h6-9H,3H2,1-2H3. The van der Waals surface area contributed by atoms with Crippen molar-refractivity contribution in [2.45, 2.75) is 44.7 Å². The summed E-state index contributed by atoms with van der Waals surface area (Å²) in [6, 6.07) is 0. The lowest BCUT2D eigenvalue weighted by Crippen LogP contribution is -2.34. The lowest BCUT2D eigenvalue weighted by Gasteiger charge is -2.20. The average Bonchev–Trinajstić information content (AvgIpc) is 2.71. The van der Waals surface area contributed by atoms with Crippen molar-refractivity contribution in [2.24, 2.45) is 0 Å². The number of carbonyl (C=O) groups excluding carboxylic acids is 2. The number of rotatable bonds is 2. The predicted molar refractivity (Wildman–Crippen MR) is 44.4 cm³/mol. The zero-order valence-corrected chi connectivity index (χ0v) is 8.06. The van der Waals surface area contributed by atoms with E-state index in [0.717, 1.165) is 0 Å². The van der Waals surface area contributed by atoms with Crippen molar-refractivity contribution in [3.8, 4) is 0 Å². The number of esters is 2. The summed E-state index contributed by atoms with van der Waals surface area (Å²) >= 11 is 0. The molecule has 1 heterocycles. The maximum Gasteiger partial charge on any atom is 0.303 e. The van der Waals surface area contributed by atoms with E-state index in [1.165, 1.54) is 13.8 Å². The molecule has 5 heteroatoms. The topological polar surface area (TPSA) is 65.1 Å². The van der Waals surface area contributed by atoms with Crippen molar-refractivity contribution in [3.63, 3.8) is 0 Å². The lowest BCUT2D eigenvalue weighted by atomic mass is 10.2. The summed E-state index contributed by atoms with van der Waals surface area (Å²) < 4.78 is 15.3. The molecule has 0 N–H and O–H groups in total. The number of epoxide rings is 1. The molecule has 5 nitrogen and oxygen atoms in total. The largest absolute Gasteiger partial charge is 0.458 e. The van der Waals surface area contributed by atoms with Crippen LogP contribution in [0.2, 0.25) is 0 Å². The predicted octanol–water partition coefficient (Wildman–Crippen LogP) is 0.0209. The van der Waals surface area contributed by atoms with Crippen LogP contribution < -0.4 is 0 Å². The summed E-state index contributed by atoms with van der Waals surface area (Å²) in [6.07, 6.45) is -0.0872. The van der Waals surface area contributed by atoms with Gasteiger partial charge >= 0.3 is 11.9 Å². The minimum atomic E-state index is -0.415. The third-order valence-corrected chi connectivity index (χ3v) is 2.40. The van der Waals surface area contributed by atoms with Gasteiger partial charge in [0.2, 0.25) is 0 Å². The van der Waals surface area contributed by atoms with Gasteiger partial charge in [-0.15, -0.1) is 0 Å². The van der Waals surface area contributed by atoms with E-state index in [4.69, 9.17) is 14.2 Å². The van der Waals surface area contributed by atoms with E-state index in [-0.39, 0.29) is 30.3 Å². The van der Waals surface area contributed by atoms with Crippen LogP contribution in [0.5, 0.6) is 0 Å². The van der Waals surface area contributed by atoms with Crippen molar-refractivity contribution in [3.05, 3.63) is 0 Å². The van der Waals surface area contributed by atoms with Crippen molar-refractivity contribution in [1.82, 2.24) is 0 Å². The summed E-state index contributed by atoms with van der Waals surface area (Å²) in [5, 5.41) is 0. The van der Waals surface area contributed by atoms with Gasteiger partial charge in [-0.05, 0) is 0 Å². The Bertz CT molecular complexity index is 274. The molecule has 0 bridgehead atoms. The third-order valence-electron chi connectivity index (χ3n) is 2.40. The zero-order valence-electron chi connectivity index (χ0n) is 8.06. The van der Waals surface area contributed by atoms with Crippen LogP contribution >= 0.6 is 0 Å². The fourth-order valence-electron chi connectivity index (χ4n) is 1.87. The third kappa shape index (κ3) is 1.72. The first kappa shape index (κ1) is 9.45.